The Kier molecular flexibility index (Phi) is 8.45. The van der Waals surface area contributed by atoms with E-state index in [-0.39, 0.29) is 5.97 Å². The van der Waals surface area contributed by atoms with E-state index in [0.29, 0.717) is 23.5 Å². The van der Waals surface area contributed by atoms with E-state index in [0.717, 1.165) is 31.2 Å². The molecule has 0 radical (unpaired) electrons. The molecule has 1 heterocycles. The van der Waals surface area contributed by atoms with Gasteiger partial charge in [0.2, 0.25) is 0 Å². The van der Waals surface area contributed by atoms with Crippen LogP contribution in [0, 0.1) is 11.3 Å². The Balaban J connectivity index is 0.00000136. The number of ether oxygens (including phenoxy) is 2. The van der Waals surface area contributed by atoms with Crippen molar-refractivity contribution in [1.82, 2.24) is 10.2 Å². The summed E-state index contributed by atoms with van der Waals surface area (Å²) in [5.74, 6) is 1.32. The van der Waals surface area contributed by atoms with Crippen molar-refractivity contribution < 1.29 is 14.3 Å². The first kappa shape index (κ1) is 22.4. The molecular weight excluding hydrogens is 354 g/mol. The number of nitrogens with one attached hydrogen (secondary N) is 1. The van der Waals surface area contributed by atoms with E-state index >= 15 is 0 Å². The summed E-state index contributed by atoms with van der Waals surface area (Å²) < 4.78 is 10.0. The van der Waals surface area contributed by atoms with Crippen molar-refractivity contribution in [2.75, 3.05) is 47.5 Å². The maximum Gasteiger partial charge on any atom is 0.337 e. The number of aliphatic imine (C=N–C) groups is 1. The van der Waals surface area contributed by atoms with Gasteiger partial charge in [-0.1, -0.05) is 13.8 Å². The van der Waals surface area contributed by atoms with Gasteiger partial charge in [-0.2, -0.15) is 0 Å². The monoisotopic (exact) mass is 389 g/mol. The Morgan fingerprint density at radius 3 is 2.43 bits per heavy atom. The van der Waals surface area contributed by atoms with Crippen molar-refractivity contribution in [3.63, 3.8) is 0 Å². The molecule has 1 aliphatic heterocycles. The molecule has 1 N–H and O–H groups in total. The van der Waals surface area contributed by atoms with Gasteiger partial charge in [0.25, 0.3) is 0 Å². The number of carbonyl (C=O) groups is 1. The molecule has 6 heteroatoms. The molecule has 156 valence electrons. The van der Waals surface area contributed by atoms with Gasteiger partial charge in [-0.05, 0) is 62.0 Å². The van der Waals surface area contributed by atoms with E-state index < -0.39 is 0 Å². The van der Waals surface area contributed by atoms with Crippen molar-refractivity contribution in [2.45, 2.75) is 33.1 Å². The van der Waals surface area contributed by atoms with Crippen LogP contribution >= 0.6 is 0 Å². The minimum Gasteiger partial charge on any atom is -0.465 e. The zero-order valence-electron chi connectivity index (χ0n) is 18.0. The lowest BCUT2D eigenvalue weighted by atomic mass is 9.91. The predicted octanol–water partition coefficient (Wildman–Crippen LogP) is 3.50. The first-order chi connectivity index (χ1) is 13.6. The standard InChI is InChI=1S/C20H29N3O3.C2H6/c1-23(12-13-25-2)18(17-14-20(17)8-10-21-11-9-20)22-16-6-4-15(5-7-16)19(24)26-3;1-2/h4-7,17,21H,8-14H2,1-3H3;1-2H3. The van der Waals surface area contributed by atoms with E-state index in [1.54, 1.807) is 19.2 Å². The summed E-state index contributed by atoms with van der Waals surface area (Å²) in [5, 5.41) is 3.46. The maximum atomic E-state index is 11.6. The third-order valence-electron chi connectivity index (χ3n) is 5.65. The number of methoxy groups -OCH3 is 2. The zero-order valence-corrected chi connectivity index (χ0v) is 18.0. The lowest BCUT2D eigenvalue weighted by Gasteiger charge is -2.27. The summed E-state index contributed by atoms with van der Waals surface area (Å²) in [5.41, 5.74) is 1.83. The highest BCUT2D eigenvalue weighted by Gasteiger charge is 2.57. The van der Waals surface area contributed by atoms with Gasteiger partial charge < -0.3 is 19.7 Å². The molecule has 1 saturated carbocycles. The van der Waals surface area contributed by atoms with Gasteiger partial charge in [-0.15, -0.1) is 0 Å². The first-order valence-corrected chi connectivity index (χ1v) is 10.3. The summed E-state index contributed by atoms with van der Waals surface area (Å²) in [7, 11) is 5.21. The van der Waals surface area contributed by atoms with E-state index in [4.69, 9.17) is 14.5 Å². The first-order valence-electron chi connectivity index (χ1n) is 10.3. The molecule has 2 aliphatic rings. The van der Waals surface area contributed by atoms with Crippen LogP contribution in [-0.2, 0) is 9.47 Å². The Morgan fingerprint density at radius 1 is 1.21 bits per heavy atom. The second-order valence-corrected chi connectivity index (χ2v) is 7.29. The maximum absolute atomic E-state index is 11.6. The highest BCUT2D eigenvalue weighted by atomic mass is 16.5. The Bertz CT molecular complexity index is 651. The van der Waals surface area contributed by atoms with Crippen LogP contribution in [0.25, 0.3) is 0 Å². The summed E-state index contributed by atoms with van der Waals surface area (Å²) in [6, 6.07) is 7.30. The Morgan fingerprint density at radius 2 is 1.86 bits per heavy atom. The number of likely N-dealkylation sites (N-methyl/N-ethyl adjacent to an activating group) is 1. The van der Waals surface area contributed by atoms with Gasteiger partial charge >= 0.3 is 5.97 Å². The highest BCUT2D eigenvalue weighted by Crippen LogP contribution is 2.59. The van der Waals surface area contributed by atoms with Crippen molar-refractivity contribution >= 4 is 17.5 Å². The molecule has 1 aromatic carbocycles. The largest absolute Gasteiger partial charge is 0.465 e. The Hall–Kier alpha value is -1.92. The molecule has 1 spiro atoms. The number of amidine groups is 1. The summed E-state index contributed by atoms with van der Waals surface area (Å²) >= 11 is 0. The second kappa shape index (κ2) is 10.6. The van der Waals surface area contributed by atoms with E-state index in [1.165, 1.54) is 26.4 Å². The zero-order chi connectivity index (χ0) is 20.6. The molecule has 1 aromatic rings. The van der Waals surface area contributed by atoms with Crippen LogP contribution in [0.2, 0.25) is 0 Å². The summed E-state index contributed by atoms with van der Waals surface area (Å²) in [4.78, 5) is 18.8. The number of piperidine rings is 1. The molecule has 2 fully saturated rings. The van der Waals surface area contributed by atoms with Crippen LogP contribution in [0.15, 0.2) is 29.3 Å². The van der Waals surface area contributed by atoms with Crippen LogP contribution in [0.5, 0.6) is 0 Å². The van der Waals surface area contributed by atoms with E-state index in [2.05, 4.69) is 17.3 Å². The molecular formula is C22H35N3O3. The lowest BCUT2D eigenvalue weighted by molar-refractivity contribution is 0.0601. The summed E-state index contributed by atoms with van der Waals surface area (Å²) in [6.07, 6.45) is 3.65. The number of hydrogen-bond donors (Lipinski definition) is 1. The molecule has 6 nitrogen and oxygen atoms in total. The molecule has 1 unspecified atom stereocenters. The fourth-order valence-corrected chi connectivity index (χ4v) is 3.88. The Labute approximate surface area is 169 Å². The number of rotatable bonds is 6. The summed E-state index contributed by atoms with van der Waals surface area (Å²) in [6.45, 7) is 7.69. The normalized spacial score (nSPS) is 20.2. The van der Waals surface area contributed by atoms with Gasteiger partial charge in [0.05, 0.1) is 25.0 Å². The van der Waals surface area contributed by atoms with Gasteiger partial charge in [0, 0.05) is 26.6 Å². The molecule has 0 bridgehead atoms. The number of esters is 1. The molecule has 1 atom stereocenters. The molecule has 28 heavy (non-hydrogen) atoms. The van der Waals surface area contributed by atoms with Crippen LogP contribution in [0.3, 0.4) is 0 Å². The van der Waals surface area contributed by atoms with Crippen LogP contribution in [0.4, 0.5) is 5.69 Å². The molecule has 1 aliphatic carbocycles. The van der Waals surface area contributed by atoms with Crippen molar-refractivity contribution in [3.05, 3.63) is 29.8 Å². The lowest BCUT2D eigenvalue weighted by Crippen LogP contribution is -2.36. The number of hydrogen-bond acceptors (Lipinski definition) is 5. The van der Waals surface area contributed by atoms with Crippen molar-refractivity contribution in [2.24, 2.45) is 16.3 Å². The molecule has 0 amide bonds. The highest BCUT2D eigenvalue weighted by molar-refractivity contribution is 5.91. The second-order valence-electron chi connectivity index (χ2n) is 7.29. The molecule has 0 aromatic heterocycles. The third-order valence-corrected chi connectivity index (χ3v) is 5.65. The SMILES string of the molecule is CC.COCCN(C)C(=Nc1ccc(C(=O)OC)cc1)C1CC12CCNCC2. The topological polar surface area (TPSA) is 63.2 Å². The molecule has 3 rings (SSSR count). The average molecular weight is 390 g/mol. The number of carbonyl (C=O) groups excluding carboxylic acids is 1. The van der Waals surface area contributed by atoms with Gasteiger partial charge in [-0.3, -0.25) is 0 Å². The number of nitrogens with zero attached hydrogens (tertiary/aromatic N) is 2. The minimum absolute atomic E-state index is 0.325. The van der Waals surface area contributed by atoms with Crippen molar-refractivity contribution in [3.8, 4) is 0 Å². The molecule has 1 saturated heterocycles. The van der Waals surface area contributed by atoms with Crippen LogP contribution in [-0.4, -0.2) is 64.2 Å². The van der Waals surface area contributed by atoms with Crippen LogP contribution < -0.4 is 5.32 Å². The van der Waals surface area contributed by atoms with Gasteiger partial charge in [0.15, 0.2) is 0 Å². The van der Waals surface area contributed by atoms with Gasteiger partial charge in [-0.25, -0.2) is 9.79 Å². The smallest absolute Gasteiger partial charge is 0.337 e. The minimum atomic E-state index is -0.325. The third kappa shape index (κ3) is 5.32. The fourth-order valence-electron chi connectivity index (χ4n) is 3.88. The van der Waals surface area contributed by atoms with Gasteiger partial charge in [0.1, 0.15) is 5.84 Å². The number of benzene rings is 1. The fraction of sp³-hybridized carbons (Fsp3) is 0.636. The van der Waals surface area contributed by atoms with E-state index in [9.17, 15) is 4.79 Å². The van der Waals surface area contributed by atoms with Crippen molar-refractivity contribution in [1.29, 1.82) is 0 Å². The average Bonchev–Trinajstić information content (AvgIpc) is 3.43. The van der Waals surface area contributed by atoms with E-state index in [1.807, 2.05) is 26.0 Å². The predicted molar refractivity (Wildman–Crippen MR) is 113 cm³/mol. The quantitative estimate of drug-likeness (QED) is 0.458. The van der Waals surface area contributed by atoms with Crippen LogP contribution in [0.1, 0.15) is 43.5 Å².